The van der Waals surface area contributed by atoms with Crippen molar-refractivity contribution in [3.05, 3.63) is 65.1 Å². The Balaban J connectivity index is 1.09. The number of H-pyrrole nitrogens is 1. The van der Waals surface area contributed by atoms with Crippen LogP contribution in [-0.4, -0.2) is 67.4 Å². The topological polar surface area (TPSA) is 73.5 Å². The number of aryl methyl sites for hydroxylation is 1. The molecular formula is C26H30FN5O2. The highest BCUT2D eigenvalue weighted by atomic mass is 19.1. The van der Waals surface area contributed by atoms with Crippen molar-refractivity contribution in [1.29, 1.82) is 0 Å². The number of hydrogen-bond donors (Lipinski definition) is 2. The molecule has 8 heteroatoms. The molecule has 0 saturated carbocycles. The lowest BCUT2D eigenvalue weighted by Crippen LogP contribution is -2.47. The summed E-state index contributed by atoms with van der Waals surface area (Å²) in [5, 5.41) is 10.5. The van der Waals surface area contributed by atoms with Crippen LogP contribution in [0.1, 0.15) is 28.0 Å². The van der Waals surface area contributed by atoms with Crippen molar-refractivity contribution < 1.29 is 13.9 Å². The Bertz CT molecular complexity index is 1150. The quantitative estimate of drug-likeness (QED) is 0.526. The second-order valence-corrected chi connectivity index (χ2v) is 8.86. The molecule has 34 heavy (non-hydrogen) atoms. The molecule has 0 radical (unpaired) electrons. The van der Waals surface area contributed by atoms with Crippen LogP contribution in [0.4, 0.5) is 10.1 Å². The zero-order valence-electron chi connectivity index (χ0n) is 19.4. The van der Waals surface area contributed by atoms with Crippen molar-refractivity contribution in [2.75, 3.05) is 51.3 Å². The number of nitrogens with zero attached hydrogens (tertiary/aromatic N) is 3. The van der Waals surface area contributed by atoms with Crippen LogP contribution in [0.25, 0.3) is 11.3 Å². The van der Waals surface area contributed by atoms with Gasteiger partial charge in [-0.1, -0.05) is 0 Å². The van der Waals surface area contributed by atoms with E-state index < -0.39 is 0 Å². The van der Waals surface area contributed by atoms with Gasteiger partial charge in [-0.3, -0.25) is 14.8 Å². The number of rotatable bonds is 7. The lowest BCUT2D eigenvalue weighted by atomic mass is 9.89. The molecule has 7 nitrogen and oxygen atoms in total. The summed E-state index contributed by atoms with van der Waals surface area (Å²) >= 11 is 0. The SMILES string of the molecule is COc1ccc2c(c1)CCc1c-2n[nH]c1C(=O)NCCCN1CCN(c2ccc(F)cc2)CC1. The maximum absolute atomic E-state index is 13.1. The van der Waals surface area contributed by atoms with E-state index in [2.05, 4.69) is 25.3 Å². The van der Waals surface area contributed by atoms with Crippen molar-refractivity contribution in [3.63, 3.8) is 0 Å². The maximum Gasteiger partial charge on any atom is 0.269 e. The molecule has 178 valence electrons. The Labute approximate surface area is 198 Å². The Morgan fingerprint density at radius 2 is 1.91 bits per heavy atom. The second kappa shape index (κ2) is 9.85. The molecule has 0 bridgehead atoms. The highest BCUT2D eigenvalue weighted by Gasteiger charge is 2.25. The van der Waals surface area contributed by atoms with Gasteiger partial charge in [0.05, 0.1) is 12.8 Å². The number of aromatic amines is 1. The number of carbonyl (C=O) groups excluding carboxylic acids is 1. The van der Waals surface area contributed by atoms with Crippen molar-refractivity contribution in [3.8, 4) is 17.0 Å². The number of ether oxygens (including phenoxy) is 1. The summed E-state index contributed by atoms with van der Waals surface area (Å²) < 4.78 is 18.5. The lowest BCUT2D eigenvalue weighted by Gasteiger charge is -2.36. The van der Waals surface area contributed by atoms with E-state index in [1.807, 2.05) is 30.3 Å². The molecule has 2 aliphatic rings. The number of hydrogen-bond acceptors (Lipinski definition) is 5. The fourth-order valence-electron chi connectivity index (χ4n) is 4.89. The minimum Gasteiger partial charge on any atom is -0.497 e. The molecule has 1 amide bonds. The molecule has 1 fully saturated rings. The van der Waals surface area contributed by atoms with Gasteiger partial charge in [-0.2, -0.15) is 5.10 Å². The highest BCUT2D eigenvalue weighted by molar-refractivity contribution is 5.96. The minimum atomic E-state index is -0.203. The second-order valence-electron chi connectivity index (χ2n) is 8.86. The number of carbonyl (C=O) groups is 1. The van der Waals surface area contributed by atoms with Gasteiger partial charge < -0.3 is 15.0 Å². The van der Waals surface area contributed by atoms with Gasteiger partial charge in [-0.25, -0.2) is 4.39 Å². The number of anilines is 1. The van der Waals surface area contributed by atoms with Gasteiger partial charge in [0.1, 0.15) is 17.3 Å². The van der Waals surface area contributed by atoms with Crippen LogP contribution in [0.15, 0.2) is 42.5 Å². The summed E-state index contributed by atoms with van der Waals surface area (Å²) in [6, 6.07) is 12.7. The van der Waals surface area contributed by atoms with Crippen LogP contribution in [0.2, 0.25) is 0 Å². The average Bonchev–Trinajstić information content (AvgIpc) is 3.32. The summed E-state index contributed by atoms with van der Waals surface area (Å²) in [6.45, 7) is 5.33. The summed E-state index contributed by atoms with van der Waals surface area (Å²) in [6.07, 6.45) is 2.54. The zero-order chi connectivity index (χ0) is 23.5. The molecule has 0 spiro atoms. The Kier molecular flexibility index (Phi) is 6.49. The van der Waals surface area contributed by atoms with Gasteiger partial charge in [-0.05, 0) is 73.8 Å². The summed E-state index contributed by atoms with van der Waals surface area (Å²) in [7, 11) is 1.67. The van der Waals surface area contributed by atoms with E-state index in [0.717, 1.165) is 80.2 Å². The molecule has 1 aromatic heterocycles. The molecule has 0 atom stereocenters. The monoisotopic (exact) mass is 463 g/mol. The summed E-state index contributed by atoms with van der Waals surface area (Å²) in [5.41, 5.74) is 5.77. The molecular weight excluding hydrogens is 433 g/mol. The van der Waals surface area contributed by atoms with Crippen molar-refractivity contribution in [2.24, 2.45) is 0 Å². The zero-order valence-corrected chi connectivity index (χ0v) is 19.4. The van der Waals surface area contributed by atoms with E-state index in [0.29, 0.717) is 12.2 Å². The van der Waals surface area contributed by atoms with Gasteiger partial charge in [0.2, 0.25) is 0 Å². The van der Waals surface area contributed by atoms with Crippen molar-refractivity contribution >= 4 is 11.6 Å². The normalized spacial score (nSPS) is 15.5. The number of piperazine rings is 1. The third kappa shape index (κ3) is 4.63. The van der Waals surface area contributed by atoms with Crippen LogP contribution in [0.3, 0.4) is 0 Å². The maximum atomic E-state index is 13.1. The predicted octanol–water partition coefficient (Wildman–Crippen LogP) is 3.27. The van der Waals surface area contributed by atoms with E-state index in [1.165, 1.54) is 17.7 Å². The fraction of sp³-hybridized carbons (Fsp3) is 0.385. The van der Waals surface area contributed by atoms with Gasteiger partial charge in [0.15, 0.2) is 0 Å². The summed E-state index contributed by atoms with van der Waals surface area (Å²) in [4.78, 5) is 17.5. The first-order chi connectivity index (χ1) is 16.6. The molecule has 1 aliphatic carbocycles. The molecule has 1 saturated heterocycles. The van der Waals surface area contributed by atoms with Crippen LogP contribution in [-0.2, 0) is 12.8 Å². The van der Waals surface area contributed by atoms with Gasteiger partial charge in [0.25, 0.3) is 5.91 Å². The van der Waals surface area contributed by atoms with Crippen LogP contribution in [0.5, 0.6) is 5.75 Å². The largest absolute Gasteiger partial charge is 0.497 e. The Morgan fingerprint density at radius 1 is 1.12 bits per heavy atom. The molecule has 1 aliphatic heterocycles. The van der Waals surface area contributed by atoms with Crippen molar-refractivity contribution in [2.45, 2.75) is 19.3 Å². The molecule has 3 aromatic rings. The van der Waals surface area contributed by atoms with Gasteiger partial charge in [-0.15, -0.1) is 0 Å². The Hall–Kier alpha value is -3.39. The van der Waals surface area contributed by atoms with Crippen LogP contribution < -0.4 is 15.0 Å². The van der Waals surface area contributed by atoms with Crippen LogP contribution in [0, 0.1) is 5.82 Å². The molecule has 2 aromatic carbocycles. The standard InChI is InChI=1S/C26H30FN5O2/c1-34-21-8-10-22-18(17-21)3-9-23-24(22)29-30-25(23)26(33)28-11-2-12-31-13-15-32(16-14-31)20-6-4-19(27)5-7-20/h4-8,10,17H,2-3,9,11-16H2,1H3,(H,28,33)(H,29,30). The van der Waals surface area contributed by atoms with E-state index >= 15 is 0 Å². The number of methoxy groups -OCH3 is 1. The first kappa shape index (κ1) is 22.4. The number of amides is 1. The number of fused-ring (bicyclic) bond motifs is 3. The number of benzene rings is 2. The molecule has 2 heterocycles. The first-order valence-electron chi connectivity index (χ1n) is 11.9. The minimum absolute atomic E-state index is 0.0909. The smallest absolute Gasteiger partial charge is 0.269 e. The first-order valence-corrected chi connectivity index (χ1v) is 11.9. The predicted molar refractivity (Wildman–Crippen MR) is 130 cm³/mol. The third-order valence-corrected chi connectivity index (χ3v) is 6.81. The lowest BCUT2D eigenvalue weighted by molar-refractivity contribution is 0.0945. The van der Waals surface area contributed by atoms with E-state index in [1.54, 1.807) is 7.11 Å². The van der Waals surface area contributed by atoms with E-state index in [4.69, 9.17) is 4.74 Å². The Morgan fingerprint density at radius 3 is 2.68 bits per heavy atom. The fourth-order valence-corrected chi connectivity index (χ4v) is 4.89. The molecule has 2 N–H and O–H groups in total. The van der Waals surface area contributed by atoms with Crippen LogP contribution >= 0.6 is 0 Å². The number of aromatic nitrogens is 2. The van der Waals surface area contributed by atoms with Crippen molar-refractivity contribution in [1.82, 2.24) is 20.4 Å². The summed E-state index contributed by atoms with van der Waals surface area (Å²) in [5.74, 6) is 0.546. The number of nitrogens with one attached hydrogen (secondary N) is 2. The number of halogens is 1. The highest BCUT2D eigenvalue weighted by Crippen LogP contribution is 2.35. The molecule has 0 unspecified atom stereocenters. The van der Waals surface area contributed by atoms with Gasteiger partial charge in [0, 0.05) is 49.5 Å². The van der Waals surface area contributed by atoms with E-state index in [-0.39, 0.29) is 11.7 Å². The van der Waals surface area contributed by atoms with E-state index in [9.17, 15) is 9.18 Å². The third-order valence-electron chi connectivity index (χ3n) is 6.81. The molecule has 5 rings (SSSR count). The van der Waals surface area contributed by atoms with Gasteiger partial charge >= 0.3 is 0 Å². The average molecular weight is 464 g/mol.